The topological polar surface area (TPSA) is 74.4 Å². The lowest BCUT2D eigenvalue weighted by Gasteiger charge is -2.17. The number of carbonyl (C=O) groups is 1. The first-order chi connectivity index (χ1) is 41.0. The van der Waals surface area contributed by atoms with Crippen LogP contribution in [0.1, 0.15) is 193 Å². The Labute approximate surface area is 519 Å². The largest absolute Gasteiger partial charge is 0.493 e. The Bertz CT molecular complexity index is 3460. The molecule has 0 saturated carbocycles. The van der Waals surface area contributed by atoms with Crippen molar-refractivity contribution < 1.29 is 19.0 Å². The molecule has 4 aromatic heterocycles. The van der Waals surface area contributed by atoms with Crippen molar-refractivity contribution in [3.05, 3.63) is 127 Å². The molecule has 1 unspecified atom stereocenters. The van der Waals surface area contributed by atoms with Gasteiger partial charge in [0.05, 0.1) is 40.4 Å². The van der Waals surface area contributed by atoms with Crippen LogP contribution in [-0.2, 0) is 17.8 Å². The zero-order valence-electron chi connectivity index (χ0n) is 51.7. The molecule has 0 N–H and O–H groups in total. The highest BCUT2D eigenvalue weighted by Gasteiger charge is 2.34. The normalized spacial score (nSPS) is 14.0. The van der Waals surface area contributed by atoms with Gasteiger partial charge >= 0.3 is 0 Å². The molecule has 1 aliphatic rings. The number of thiophene rings is 1. The Hall–Kier alpha value is -5.40. The Balaban J connectivity index is 1.27. The smallest absolute Gasteiger partial charge is 0.269 e. The van der Waals surface area contributed by atoms with Gasteiger partial charge < -0.3 is 18.6 Å². The van der Waals surface area contributed by atoms with Gasteiger partial charge in [-0.05, 0) is 128 Å². The summed E-state index contributed by atoms with van der Waals surface area (Å²) < 4.78 is 25.7. The van der Waals surface area contributed by atoms with E-state index in [1.807, 2.05) is 13.0 Å². The van der Waals surface area contributed by atoms with E-state index in [0.29, 0.717) is 57.2 Å². The van der Waals surface area contributed by atoms with E-state index in [1.54, 1.807) is 20.8 Å². The van der Waals surface area contributed by atoms with Crippen molar-refractivity contribution >= 4 is 73.4 Å². The molecule has 8 rings (SSSR count). The molecule has 5 heterocycles. The number of thiazole rings is 1. The van der Waals surface area contributed by atoms with E-state index in [-0.39, 0.29) is 11.5 Å². The van der Waals surface area contributed by atoms with Gasteiger partial charge in [-0.25, -0.2) is 0 Å². The zero-order valence-corrected chi connectivity index (χ0v) is 55.0. The molecule has 1 amide bonds. The highest BCUT2D eigenvalue weighted by molar-refractivity contribution is 8.30. The van der Waals surface area contributed by atoms with Crippen LogP contribution in [0.2, 0.25) is 0 Å². The summed E-state index contributed by atoms with van der Waals surface area (Å²) in [5.74, 6) is 3.04. The number of hydrogen-bond acceptors (Lipinski definition) is 9. The second-order valence-electron chi connectivity index (χ2n) is 22.8. The summed E-state index contributed by atoms with van der Waals surface area (Å²) in [5, 5.41) is 0. The molecule has 84 heavy (non-hydrogen) atoms. The molecular weight excluding hydrogens is 1120 g/mol. The number of carbonyl (C=O) groups excluding carboxylic acids is 1. The molecule has 1 fully saturated rings. The maximum absolute atomic E-state index is 14.4. The van der Waals surface area contributed by atoms with Crippen LogP contribution < -0.4 is 29.0 Å². The third-order valence-corrected chi connectivity index (χ3v) is 20.1. The molecule has 8 nitrogen and oxygen atoms in total. The Morgan fingerprint density at radius 1 is 0.607 bits per heavy atom. The average Bonchev–Trinajstić information content (AvgIpc) is 2.28. The van der Waals surface area contributed by atoms with Gasteiger partial charge in [0.2, 0.25) is 0 Å². The number of fused-ring (bicyclic) bond motifs is 1. The number of ether oxygens (including phenoxy) is 3. The quantitative estimate of drug-likeness (QED) is 0.0289. The van der Waals surface area contributed by atoms with Crippen molar-refractivity contribution in [2.24, 2.45) is 5.92 Å². The Kier molecular flexibility index (Phi) is 25.3. The summed E-state index contributed by atoms with van der Waals surface area (Å²) in [6.45, 7) is 20.8. The number of amides is 1. The standard InChI is InChI=1S/C72H93N3O5S4/c1-9-16-21-25-41-75-70(77)68(84-72(75)81)71-73(15-7)69(76)65(83-71)50-57-36-39-64(82-57)67-66(54-33-31-53(32-34-54)58-38-35-56(78-43-26-22-17-10-2)49-63(58)80-45-28-24-19-12-4)60(47-52(14-6)29-20-13-5)61-48-55(40-42-74(61)67)59-37-30-51(8)46-62(59)79-44-27-23-18-11-3/h30-40,42,46,48-50,52H,9-29,41,43-45,47H2,1-8H3/b65-50-,71-68+. The summed E-state index contributed by atoms with van der Waals surface area (Å²) in [7, 11) is 0. The van der Waals surface area contributed by atoms with Gasteiger partial charge in [-0.3, -0.25) is 19.1 Å². The number of hydrogen-bond donors (Lipinski definition) is 0. The summed E-state index contributed by atoms with van der Waals surface area (Å²) in [4.78, 5) is 32.7. The maximum atomic E-state index is 14.4. The van der Waals surface area contributed by atoms with Crippen LogP contribution in [0.5, 0.6) is 17.2 Å². The SMILES string of the molecule is CCCCCCOc1ccc(-c2ccc(-c3c(CC(CC)CCCC)c4cc(-c5ccc(C)cc5OCCCCCC)ccn4c3-c3ccc(/C=c4\s/c(=C5/SC(=S)N(CCCCCC)C5=O)n(CC)c4=O)s3)cc2)c(OCCCCCC)c1. The predicted molar refractivity (Wildman–Crippen MR) is 364 cm³/mol. The monoisotopic (exact) mass is 1210 g/mol. The van der Waals surface area contributed by atoms with E-state index in [0.717, 1.165) is 144 Å². The molecule has 7 aromatic rings. The molecule has 3 aromatic carbocycles. The minimum absolute atomic E-state index is 0.0860. The van der Waals surface area contributed by atoms with E-state index < -0.39 is 0 Å². The first-order valence-electron chi connectivity index (χ1n) is 32.1. The van der Waals surface area contributed by atoms with Crippen LogP contribution >= 0.6 is 46.7 Å². The number of pyridine rings is 1. The van der Waals surface area contributed by atoms with Crippen molar-refractivity contribution in [2.75, 3.05) is 26.4 Å². The van der Waals surface area contributed by atoms with Crippen molar-refractivity contribution in [3.8, 4) is 61.2 Å². The Morgan fingerprint density at radius 3 is 1.88 bits per heavy atom. The Morgan fingerprint density at radius 2 is 1.23 bits per heavy atom. The van der Waals surface area contributed by atoms with Crippen LogP contribution in [0, 0.1) is 12.8 Å². The molecule has 0 radical (unpaired) electrons. The number of unbranched alkanes of at least 4 members (excludes halogenated alkanes) is 13. The minimum Gasteiger partial charge on any atom is -0.493 e. The van der Waals surface area contributed by atoms with E-state index in [9.17, 15) is 9.59 Å². The van der Waals surface area contributed by atoms with Crippen LogP contribution in [0.3, 0.4) is 0 Å². The van der Waals surface area contributed by atoms with Gasteiger partial charge in [0, 0.05) is 46.9 Å². The van der Waals surface area contributed by atoms with Gasteiger partial charge in [0.1, 0.15) is 31.1 Å². The number of rotatable bonds is 35. The molecule has 1 atom stereocenters. The highest BCUT2D eigenvalue weighted by Crippen LogP contribution is 2.46. The predicted octanol–water partition coefficient (Wildman–Crippen LogP) is 19.2. The number of benzene rings is 3. The molecule has 0 bridgehead atoms. The van der Waals surface area contributed by atoms with E-state index in [2.05, 4.69) is 144 Å². The maximum Gasteiger partial charge on any atom is 0.269 e. The van der Waals surface area contributed by atoms with E-state index in [1.165, 1.54) is 96.7 Å². The van der Waals surface area contributed by atoms with Crippen molar-refractivity contribution in [1.82, 2.24) is 13.9 Å². The van der Waals surface area contributed by atoms with Crippen LogP contribution in [0.25, 0.3) is 60.4 Å². The molecule has 450 valence electrons. The molecule has 1 aliphatic heterocycles. The molecule has 1 saturated heterocycles. The molecular formula is C72H93N3O5S4. The molecule has 0 spiro atoms. The molecule has 12 heteroatoms. The lowest BCUT2D eigenvalue weighted by atomic mass is 9.88. The van der Waals surface area contributed by atoms with Gasteiger partial charge in [0.15, 0.2) is 0 Å². The number of thioether (sulfide) groups is 1. The van der Waals surface area contributed by atoms with Gasteiger partial charge in [-0.1, -0.05) is 205 Å². The fourth-order valence-corrected chi connectivity index (χ4v) is 15.1. The van der Waals surface area contributed by atoms with Crippen molar-refractivity contribution in [3.63, 3.8) is 0 Å². The fourth-order valence-electron chi connectivity index (χ4n) is 11.5. The van der Waals surface area contributed by atoms with Gasteiger partial charge in [-0.15, -0.1) is 22.7 Å². The summed E-state index contributed by atoms with van der Waals surface area (Å²) >= 11 is 10.2. The lowest BCUT2D eigenvalue weighted by molar-refractivity contribution is -0.120. The fraction of sp³-hybridized carbons (Fsp3) is 0.486. The van der Waals surface area contributed by atoms with Gasteiger partial charge in [0.25, 0.3) is 11.5 Å². The lowest BCUT2D eigenvalue weighted by Crippen LogP contribution is -2.33. The highest BCUT2D eigenvalue weighted by atomic mass is 32.2. The number of aromatic nitrogens is 2. The van der Waals surface area contributed by atoms with E-state index >= 15 is 0 Å². The summed E-state index contributed by atoms with van der Waals surface area (Å²) in [6.07, 6.45) is 27.8. The summed E-state index contributed by atoms with van der Waals surface area (Å²) in [5.41, 5.74) is 11.5. The minimum atomic E-state index is -0.0920. The third-order valence-electron chi connectivity index (χ3n) is 16.4. The van der Waals surface area contributed by atoms with Gasteiger partial charge in [-0.2, -0.15) is 0 Å². The van der Waals surface area contributed by atoms with Crippen LogP contribution in [0.4, 0.5) is 0 Å². The molecule has 0 aliphatic carbocycles. The van der Waals surface area contributed by atoms with Crippen LogP contribution in [-0.4, -0.2) is 50.5 Å². The van der Waals surface area contributed by atoms with Crippen molar-refractivity contribution in [1.29, 1.82) is 0 Å². The van der Waals surface area contributed by atoms with Crippen LogP contribution in [0.15, 0.2) is 95.9 Å². The number of thiocarbonyl (C=S) groups is 1. The average molecular weight is 1210 g/mol. The first kappa shape index (κ1) is 64.6. The van der Waals surface area contributed by atoms with Crippen molar-refractivity contribution in [2.45, 2.75) is 197 Å². The second kappa shape index (κ2) is 32.9. The summed E-state index contributed by atoms with van der Waals surface area (Å²) in [6, 6.07) is 31.3. The number of nitrogens with zero attached hydrogens (tertiary/aromatic N) is 3. The third kappa shape index (κ3) is 16.4. The first-order valence-corrected chi connectivity index (χ1v) is 34.9. The number of aryl methyl sites for hydroxylation is 1. The zero-order chi connectivity index (χ0) is 59.4. The van der Waals surface area contributed by atoms with E-state index in [4.69, 9.17) is 26.4 Å². The second-order valence-corrected chi connectivity index (χ2v) is 26.6.